The summed E-state index contributed by atoms with van der Waals surface area (Å²) < 4.78 is 10.4. The first-order chi connectivity index (χ1) is 13.5. The molecule has 2 fully saturated rings. The molecule has 3 amide bonds. The van der Waals surface area contributed by atoms with Crippen LogP contribution in [0.15, 0.2) is 24.3 Å². The summed E-state index contributed by atoms with van der Waals surface area (Å²) >= 11 is 0. The lowest BCUT2D eigenvalue weighted by molar-refractivity contribution is -0.163. The third-order valence-corrected chi connectivity index (χ3v) is 5.69. The molecule has 2 unspecified atom stereocenters. The Bertz CT molecular complexity index is 712. The van der Waals surface area contributed by atoms with Gasteiger partial charge in [0.25, 0.3) is 0 Å². The van der Waals surface area contributed by atoms with Crippen LogP contribution in [0, 0.1) is 5.92 Å². The molecule has 1 saturated carbocycles. The molecule has 1 saturated heterocycles. The molecule has 2 aliphatic rings. The van der Waals surface area contributed by atoms with Crippen molar-refractivity contribution in [1.29, 1.82) is 0 Å². The van der Waals surface area contributed by atoms with Crippen LogP contribution in [0.4, 0.5) is 4.79 Å². The topological polar surface area (TPSA) is 84.9 Å². The Morgan fingerprint density at radius 1 is 1.18 bits per heavy atom. The lowest BCUT2D eigenvalue weighted by Gasteiger charge is -2.38. The number of esters is 1. The maximum atomic E-state index is 12.5. The highest BCUT2D eigenvalue weighted by atomic mass is 16.5. The van der Waals surface area contributed by atoms with E-state index >= 15 is 0 Å². The van der Waals surface area contributed by atoms with Crippen molar-refractivity contribution in [1.82, 2.24) is 10.2 Å². The number of ether oxygens (including phenoxy) is 2. The Morgan fingerprint density at radius 2 is 1.86 bits per heavy atom. The number of hydrogen-bond acceptors (Lipinski definition) is 5. The number of methoxy groups -OCH3 is 1. The molecule has 3 rings (SSSR count). The Labute approximate surface area is 165 Å². The molecule has 28 heavy (non-hydrogen) atoms. The largest absolute Gasteiger partial charge is 0.497 e. The van der Waals surface area contributed by atoms with Gasteiger partial charge in [-0.2, -0.15) is 0 Å². The molecule has 1 aromatic rings. The van der Waals surface area contributed by atoms with Gasteiger partial charge in [0.1, 0.15) is 18.4 Å². The van der Waals surface area contributed by atoms with Crippen molar-refractivity contribution in [2.24, 2.45) is 5.92 Å². The van der Waals surface area contributed by atoms with Gasteiger partial charge >= 0.3 is 12.0 Å². The van der Waals surface area contributed by atoms with Crippen LogP contribution < -0.4 is 10.1 Å². The van der Waals surface area contributed by atoms with Crippen LogP contribution in [0.1, 0.15) is 51.0 Å². The Morgan fingerprint density at radius 3 is 2.46 bits per heavy atom. The number of imide groups is 1. The summed E-state index contributed by atoms with van der Waals surface area (Å²) in [6.07, 6.45) is 5.77. The molecule has 2 atom stereocenters. The first kappa shape index (κ1) is 20.2. The minimum atomic E-state index is -0.843. The monoisotopic (exact) mass is 388 g/mol. The summed E-state index contributed by atoms with van der Waals surface area (Å²) in [7, 11) is 1.58. The fourth-order valence-electron chi connectivity index (χ4n) is 3.85. The number of β-lactam (4-membered cyclic amide) rings is 1. The van der Waals surface area contributed by atoms with Crippen LogP contribution in [0.25, 0.3) is 0 Å². The molecule has 1 aliphatic carbocycles. The van der Waals surface area contributed by atoms with Gasteiger partial charge in [0.2, 0.25) is 5.91 Å². The van der Waals surface area contributed by atoms with Gasteiger partial charge in [-0.1, -0.05) is 31.4 Å². The van der Waals surface area contributed by atoms with E-state index in [1.165, 1.54) is 19.3 Å². The van der Waals surface area contributed by atoms with Crippen LogP contribution in [0.3, 0.4) is 0 Å². The zero-order chi connectivity index (χ0) is 20.1. The molecule has 1 aromatic carbocycles. The van der Waals surface area contributed by atoms with Crippen molar-refractivity contribution in [3.05, 3.63) is 29.8 Å². The smallest absolute Gasteiger partial charge is 0.330 e. The van der Waals surface area contributed by atoms with Crippen molar-refractivity contribution >= 4 is 17.9 Å². The average molecular weight is 388 g/mol. The van der Waals surface area contributed by atoms with Gasteiger partial charge in [0, 0.05) is 6.04 Å². The molecule has 7 heteroatoms. The molecule has 0 aromatic heterocycles. The van der Waals surface area contributed by atoms with Crippen LogP contribution in [0.5, 0.6) is 5.75 Å². The Kier molecular flexibility index (Phi) is 6.54. The molecule has 1 aliphatic heterocycles. The molecular weight excluding hydrogens is 360 g/mol. The van der Waals surface area contributed by atoms with Crippen molar-refractivity contribution in [2.45, 2.75) is 64.1 Å². The molecule has 0 radical (unpaired) electrons. The number of hydrogen-bond donors (Lipinski definition) is 1. The maximum absolute atomic E-state index is 12.5. The molecule has 1 heterocycles. The van der Waals surface area contributed by atoms with E-state index in [4.69, 9.17) is 9.47 Å². The quantitative estimate of drug-likeness (QED) is 0.598. The first-order valence-corrected chi connectivity index (χ1v) is 9.91. The zero-order valence-electron chi connectivity index (χ0n) is 16.5. The fraction of sp³-hybridized carbons (Fsp3) is 0.571. The second kappa shape index (κ2) is 9.08. The van der Waals surface area contributed by atoms with E-state index in [2.05, 4.69) is 5.32 Å². The predicted octanol–water partition coefficient (Wildman–Crippen LogP) is 3.02. The zero-order valence-corrected chi connectivity index (χ0v) is 16.5. The van der Waals surface area contributed by atoms with Gasteiger partial charge < -0.3 is 14.8 Å². The normalized spacial score (nSPS) is 20.9. The lowest BCUT2D eigenvalue weighted by atomic mass is 9.84. The van der Waals surface area contributed by atoms with Gasteiger partial charge in [0.15, 0.2) is 0 Å². The first-order valence-electron chi connectivity index (χ1n) is 9.91. The highest BCUT2D eigenvalue weighted by Crippen LogP contribution is 2.27. The fourth-order valence-corrected chi connectivity index (χ4v) is 3.85. The van der Waals surface area contributed by atoms with E-state index in [1.54, 1.807) is 31.4 Å². The van der Waals surface area contributed by atoms with Gasteiger partial charge in [-0.05, 0) is 43.4 Å². The third-order valence-electron chi connectivity index (χ3n) is 5.69. The van der Waals surface area contributed by atoms with Crippen LogP contribution in [-0.2, 0) is 20.9 Å². The number of benzene rings is 1. The second-order valence-corrected chi connectivity index (χ2v) is 7.58. The molecule has 152 valence electrons. The summed E-state index contributed by atoms with van der Waals surface area (Å²) in [5.41, 5.74) is 0.807. The van der Waals surface area contributed by atoms with E-state index in [-0.39, 0.29) is 25.0 Å². The minimum Gasteiger partial charge on any atom is -0.497 e. The Balaban J connectivity index is 1.51. The van der Waals surface area contributed by atoms with E-state index < -0.39 is 18.0 Å². The van der Waals surface area contributed by atoms with Crippen LogP contribution in [-0.4, -0.2) is 42.0 Å². The van der Waals surface area contributed by atoms with Crippen LogP contribution in [0.2, 0.25) is 0 Å². The van der Waals surface area contributed by atoms with E-state index in [0.29, 0.717) is 5.92 Å². The maximum Gasteiger partial charge on any atom is 0.330 e. The predicted molar refractivity (Wildman–Crippen MR) is 103 cm³/mol. The van der Waals surface area contributed by atoms with Gasteiger partial charge in [-0.3, -0.25) is 4.79 Å². The summed E-state index contributed by atoms with van der Waals surface area (Å²) in [5.74, 6) is 0.236. The SMILES string of the molecule is COc1ccc(COC(=O)C2CC(=O)N2C(=O)NC(C)C2CCCCC2)cc1. The van der Waals surface area contributed by atoms with E-state index in [0.717, 1.165) is 29.1 Å². The van der Waals surface area contributed by atoms with Crippen molar-refractivity contribution < 1.29 is 23.9 Å². The molecule has 7 nitrogen and oxygen atoms in total. The molecule has 0 spiro atoms. The average Bonchev–Trinajstić information content (AvgIpc) is 2.71. The van der Waals surface area contributed by atoms with Crippen molar-refractivity contribution in [2.75, 3.05) is 7.11 Å². The molecule has 0 bridgehead atoms. The lowest BCUT2D eigenvalue weighted by Crippen LogP contribution is -2.63. The summed E-state index contributed by atoms with van der Waals surface area (Å²) in [4.78, 5) is 37.8. The van der Waals surface area contributed by atoms with E-state index in [1.807, 2.05) is 6.92 Å². The number of nitrogens with one attached hydrogen (secondary N) is 1. The number of likely N-dealkylation sites (tertiary alicyclic amines) is 1. The number of carbonyl (C=O) groups excluding carboxylic acids is 3. The second-order valence-electron chi connectivity index (χ2n) is 7.58. The minimum absolute atomic E-state index is 0.00662. The van der Waals surface area contributed by atoms with Crippen molar-refractivity contribution in [3.63, 3.8) is 0 Å². The number of carbonyl (C=O) groups is 3. The summed E-state index contributed by atoms with van der Waals surface area (Å²) in [5, 5.41) is 2.90. The third kappa shape index (κ3) is 4.64. The molecule has 1 N–H and O–H groups in total. The van der Waals surface area contributed by atoms with E-state index in [9.17, 15) is 14.4 Å². The van der Waals surface area contributed by atoms with Crippen molar-refractivity contribution in [3.8, 4) is 5.75 Å². The van der Waals surface area contributed by atoms with Gasteiger partial charge in [-0.15, -0.1) is 0 Å². The molecular formula is C21H28N2O5. The highest BCUT2D eigenvalue weighted by molar-refractivity contribution is 6.06. The standard InChI is InChI=1S/C21H28N2O5/c1-14(16-6-4-3-5-7-16)22-21(26)23-18(12-19(23)24)20(25)28-13-15-8-10-17(27-2)11-9-15/h8-11,14,16,18H,3-7,12-13H2,1-2H3,(H,22,26). The van der Waals surface area contributed by atoms with Gasteiger partial charge in [0.05, 0.1) is 13.5 Å². The van der Waals surface area contributed by atoms with Gasteiger partial charge in [-0.25, -0.2) is 14.5 Å². The van der Waals surface area contributed by atoms with Crippen LogP contribution >= 0.6 is 0 Å². The summed E-state index contributed by atoms with van der Waals surface area (Å²) in [6.45, 7) is 2.05. The Hall–Kier alpha value is -2.57. The number of amides is 3. The summed E-state index contributed by atoms with van der Waals surface area (Å²) in [6, 6.07) is 5.80. The number of rotatable bonds is 6. The number of nitrogens with zero attached hydrogens (tertiary/aromatic N) is 1. The number of urea groups is 1. The highest BCUT2D eigenvalue weighted by Gasteiger charge is 2.47.